The van der Waals surface area contributed by atoms with E-state index >= 15 is 0 Å². The number of hydrogen-bond donors (Lipinski definition) is 1. The molecule has 0 spiro atoms. The Morgan fingerprint density at radius 1 is 1.43 bits per heavy atom. The minimum absolute atomic E-state index is 0.0128. The number of morpholine rings is 1. The molecule has 1 aliphatic heterocycles. The fraction of sp³-hybridized carbons (Fsp3) is 0.375. The number of furan rings is 1. The molecule has 1 atom stereocenters. The fourth-order valence-electron chi connectivity index (χ4n) is 2.48. The van der Waals surface area contributed by atoms with Crippen molar-refractivity contribution in [3.63, 3.8) is 0 Å². The van der Waals surface area contributed by atoms with Crippen molar-refractivity contribution in [2.45, 2.75) is 20.0 Å². The first kappa shape index (κ1) is 15.8. The van der Waals surface area contributed by atoms with Gasteiger partial charge in [0.05, 0.1) is 28.9 Å². The number of thiophene rings is 1. The predicted molar refractivity (Wildman–Crippen MR) is 87.0 cm³/mol. The maximum atomic E-state index is 12.6. The molecule has 1 fully saturated rings. The van der Waals surface area contributed by atoms with Gasteiger partial charge in [-0.2, -0.15) is 0 Å². The normalized spacial score (nSPS) is 18.0. The Hall–Kier alpha value is -2.12. The van der Waals surface area contributed by atoms with Crippen LogP contribution >= 0.6 is 11.3 Å². The zero-order valence-corrected chi connectivity index (χ0v) is 13.8. The molecule has 0 saturated carbocycles. The summed E-state index contributed by atoms with van der Waals surface area (Å²) in [6.07, 6.45) is 1.49. The molecule has 3 heterocycles. The molecule has 0 aromatic carbocycles. The summed E-state index contributed by atoms with van der Waals surface area (Å²) in [4.78, 5) is 27.1. The Kier molecular flexibility index (Phi) is 4.49. The molecule has 2 amide bonds. The molecular formula is C16H18N2O4S. The van der Waals surface area contributed by atoms with Gasteiger partial charge in [0.1, 0.15) is 0 Å². The van der Waals surface area contributed by atoms with Crippen LogP contribution in [-0.2, 0) is 4.74 Å². The molecule has 2 aromatic heterocycles. The van der Waals surface area contributed by atoms with E-state index in [-0.39, 0.29) is 23.7 Å². The summed E-state index contributed by atoms with van der Waals surface area (Å²) in [5.74, 6) is -0.0951. The summed E-state index contributed by atoms with van der Waals surface area (Å²) < 4.78 is 10.5. The number of nitrogens with one attached hydrogen (secondary N) is 1. The van der Waals surface area contributed by atoms with Crippen molar-refractivity contribution in [1.82, 2.24) is 4.90 Å². The lowest BCUT2D eigenvalue weighted by molar-refractivity contribution is -0.0122. The molecule has 3 rings (SSSR count). The third kappa shape index (κ3) is 3.46. The van der Waals surface area contributed by atoms with Crippen LogP contribution in [0, 0.1) is 6.92 Å². The molecule has 0 aliphatic carbocycles. The Morgan fingerprint density at radius 2 is 2.26 bits per heavy atom. The number of nitrogens with zero attached hydrogens (tertiary/aromatic N) is 1. The number of carbonyl (C=O) groups is 2. The van der Waals surface area contributed by atoms with Crippen molar-refractivity contribution < 1.29 is 18.7 Å². The Bertz CT molecular complexity index is 708. The van der Waals surface area contributed by atoms with E-state index in [1.54, 1.807) is 17.0 Å². The van der Waals surface area contributed by atoms with Crippen LogP contribution in [0.25, 0.3) is 0 Å². The Balaban J connectivity index is 1.73. The summed E-state index contributed by atoms with van der Waals surface area (Å²) in [5, 5.41) is 3.40. The van der Waals surface area contributed by atoms with E-state index in [4.69, 9.17) is 9.15 Å². The van der Waals surface area contributed by atoms with Crippen molar-refractivity contribution in [3.8, 4) is 0 Å². The molecular weight excluding hydrogens is 316 g/mol. The Morgan fingerprint density at radius 3 is 2.96 bits per heavy atom. The highest BCUT2D eigenvalue weighted by Crippen LogP contribution is 2.28. The van der Waals surface area contributed by atoms with Crippen LogP contribution in [-0.4, -0.2) is 42.5 Å². The average Bonchev–Trinajstić information content (AvgIpc) is 3.16. The van der Waals surface area contributed by atoms with Gasteiger partial charge in [-0.05, 0) is 37.6 Å². The fourth-order valence-corrected chi connectivity index (χ4v) is 3.52. The molecule has 6 nitrogen and oxygen atoms in total. The van der Waals surface area contributed by atoms with Gasteiger partial charge in [0.2, 0.25) is 0 Å². The Labute approximate surface area is 138 Å². The molecule has 0 bridgehead atoms. The first-order chi connectivity index (χ1) is 11.0. The van der Waals surface area contributed by atoms with Gasteiger partial charge in [0, 0.05) is 13.1 Å². The lowest BCUT2D eigenvalue weighted by Crippen LogP contribution is -2.44. The van der Waals surface area contributed by atoms with E-state index in [0.29, 0.717) is 29.6 Å². The van der Waals surface area contributed by atoms with Gasteiger partial charge in [-0.25, -0.2) is 0 Å². The van der Waals surface area contributed by atoms with Gasteiger partial charge in [0.15, 0.2) is 5.76 Å². The number of ether oxygens (including phenoxy) is 1. The van der Waals surface area contributed by atoms with E-state index in [2.05, 4.69) is 5.32 Å². The number of amides is 2. The topological polar surface area (TPSA) is 71.8 Å². The number of carbonyl (C=O) groups excluding carboxylic acids is 2. The van der Waals surface area contributed by atoms with Crippen molar-refractivity contribution in [1.29, 1.82) is 0 Å². The number of anilines is 1. The van der Waals surface area contributed by atoms with Crippen molar-refractivity contribution in [2.75, 3.05) is 25.0 Å². The van der Waals surface area contributed by atoms with E-state index < -0.39 is 0 Å². The van der Waals surface area contributed by atoms with Gasteiger partial charge in [-0.1, -0.05) is 0 Å². The molecule has 1 saturated heterocycles. The lowest BCUT2D eigenvalue weighted by atomic mass is 10.2. The SMILES string of the molecule is Cc1cc(NC(=O)c2ccco2)sc1C(=O)N1CCO[C@H](C)C1. The van der Waals surface area contributed by atoms with Gasteiger partial charge in [0.25, 0.3) is 11.8 Å². The van der Waals surface area contributed by atoms with E-state index in [1.807, 2.05) is 19.9 Å². The van der Waals surface area contributed by atoms with Gasteiger partial charge in [-0.15, -0.1) is 11.3 Å². The molecule has 0 radical (unpaired) electrons. The van der Waals surface area contributed by atoms with Crippen LogP contribution in [0.3, 0.4) is 0 Å². The number of rotatable bonds is 3. The largest absolute Gasteiger partial charge is 0.459 e. The van der Waals surface area contributed by atoms with Crippen molar-refractivity contribution >= 4 is 28.2 Å². The molecule has 23 heavy (non-hydrogen) atoms. The molecule has 7 heteroatoms. The molecule has 1 N–H and O–H groups in total. The summed E-state index contributed by atoms with van der Waals surface area (Å²) in [5.41, 5.74) is 0.855. The quantitative estimate of drug-likeness (QED) is 0.937. The molecule has 2 aromatic rings. The van der Waals surface area contributed by atoms with Crippen molar-refractivity contribution in [3.05, 3.63) is 40.7 Å². The minimum Gasteiger partial charge on any atom is -0.459 e. The highest BCUT2D eigenvalue weighted by atomic mass is 32.1. The van der Waals surface area contributed by atoms with Crippen LogP contribution < -0.4 is 5.32 Å². The van der Waals surface area contributed by atoms with Gasteiger partial charge in [-0.3, -0.25) is 9.59 Å². The molecule has 1 aliphatic rings. The smallest absolute Gasteiger partial charge is 0.291 e. The number of hydrogen-bond acceptors (Lipinski definition) is 5. The molecule has 122 valence electrons. The van der Waals surface area contributed by atoms with E-state index in [0.717, 1.165) is 5.56 Å². The first-order valence-electron chi connectivity index (χ1n) is 7.41. The average molecular weight is 334 g/mol. The van der Waals surface area contributed by atoms with Crippen LogP contribution in [0.1, 0.15) is 32.7 Å². The predicted octanol–water partition coefficient (Wildman–Crippen LogP) is 2.76. The third-order valence-corrected chi connectivity index (χ3v) is 4.76. The van der Waals surface area contributed by atoms with Crippen LogP contribution in [0.5, 0.6) is 0 Å². The highest BCUT2D eigenvalue weighted by Gasteiger charge is 2.25. The zero-order chi connectivity index (χ0) is 16.4. The maximum absolute atomic E-state index is 12.6. The second-order valence-corrected chi connectivity index (χ2v) is 6.54. The maximum Gasteiger partial charge on any atom is 0.291 e. The highest BCUT2D eigenvalue weighted by molar-refractivity contribution is 7.18. The summed E-state index contributed by atoms with van der Waals surface area (Å²) >= 11 is 1.28. The summed E-state index contributed by atoms with van der Waals surface area (Å²) in [6, 6.07) is 5.06. The standard InChI is InChI=1S/C16H18N2O4S/c1-10-8-13(17-15(19)12-4-3-6-22-12)23-14(10)16(20)18-5-7-21-11(2)9-18/h3-4,6,8,11H,5,7,9H2,1-2H3,(H,17,19)/t11-/m1/s1. The third-order valence-electron chi connectivity index (χ3n) is 3.62. The lowest BCUT2D eigenvalue weighted by Gasteiger charge is -2.31. The molecule has 0 unspecified atom stereocenters. The second kappa shape index (κ2) is 6.55. The van der Waals surface area contributed by atoms with Gasteiger partial charge >= 0.3 is 0 Å². The summed E-state index contributed by atoms with van der Waals surface area (Å²) in [6.45, 7) is 5.56. The van der Waals surface area contributed by atoms with Gasteiger partial charge < -0.3 is 19.4 Å². The van der Waals surface area contributed by atoms with Crippen LogP contribution in [0.2, 0.25) is 0 Å². The van der Waals surface area contributed by atoms with Crippen molar-refractivity contribution in [2.24, 2.45) is 0 Å². The van der Waals surface area contributed by atoms with E-state index in [9.17, 15) is 9.59 Å². The van der Waals surface area contributed by atoms with Crippen LogP contribution in [0.4, 0.5) is 5.00 Å². The second-order valence-electron chi connectivity index (χ2n) is 5.49. The minimum atomic E-state index is -0.324. The summed E-state index contributed by atoms with van der Waals surface area (Å²) in [7, 11) is 0. The van der Waals surface area contributed by atoms with Crippen LogP contribution in [0.15, 0.2) is 28.9 Å². The monoisotopic (exact) mass is 334 g/mol. The van der Waals surface area contributed by atoms with E-state index in [1.165, 1.54) is 17.6 Å². The zero-order valence-electron chi connectivity index (χ0n) is 13.0. The first-order valence-corrected chi connectivity index (χ1v) is 8.22. The number of aryl methyl sites for hydroxylation is 1.